The van der Waals surface area contributed by atoms with Gasteiger partial charge in [0.1, 0.15) is 17.4 Å². The molecular weight excluding hydrogens is 250 g/mol. The van der Waals surface area contributed by atoms with Crippen LogP contribution < -0.4 is 0 Å². The average Bonchev–Trinajstić information content (AvgIpc) is 2.47. The Kier molecular flexibility index (Phi) is 3.97. The summed E-state index contributed by atoms with van der Waals surface area (Å²) < 4.78 is 0. The van der Waals surface area contributed by atoms with Gasteiger partial charge in [-0.2, -0.15) is 5.26 Å². The van der Waals surface area contributed by atoms with Gasteiger partial charge in [-0.05, 0) is 30.7 Å². The zero-order valence-electron chi connectivity index (χ0n) is 11.0. The molecule has 0 aliphatic rings. The SMILES string of the molecule is Cc1ccc(C(=O)/C(C#N)=C\c2ccc(O)cc2)cc1. The van der Waals surface area contributed by atoms with Gasteiger partial charge in [0, 0.05) is 5.56 Å². The van der Waals surface area contributed by atoms with Crippen LogP contribution in [0.2, 0.25) is 0 Å². The molecule has 0 aliphatic carbocycles. The summed E-state index contributed by atoms with van der Waals surface area (Å²) in [4.78, 5) is 12.2. The fourth-order valence-electron chi connectivity index (χ4n) is 1.75. The average molecular weight is 263 g/mol. The summed E-state index contributed by atoms with van der Waals surface area (Å²) in [7, 11) is 0. The zero-order chi connectivity index (χ0) is 14.5. The molecule has 2 aromatic rings. The van der Waals surface area contributed by atoms with E-state index in [1.165, 1.54) is 18.2 Å². The Morgan fingerprint density at radius 2 is 1.70 bits per heavy atom. The Labute approximate surface area is 117 Å². The van der Waals surface area contributed by atoms with Crippen molar-refractivity contribution in [2.75, 3.05) is 0 Å². The van der Waals surface area contributed by atoms with E-state index in [1.807, 2.05) is 25.1 Å². The number of ketones is 1. The van der Waals surface area contributed by atoms with E-state index in [-0.39, 0.29) is 17.1 Å². The normalized spacial score (nSPS) is 10.9. The first-order valence-corrected chi connectivity index (χ1v) is 6.12. The molecule has 0 bridgehead atoms. The van der Waals surface area contributed by atoms with Crippen LogP contribution in [0.25, 0.3) is 6.08 Å². The lowest BCUT2D eigenvalue weighted by Crippen LogP contribution is -2.01. The fourth-order valence-corrected chi connectivity index (χ4v) is 1.75. The Bertz CT molecular complexity index is 689. The van der Waals surface area contributed by atoms with Crippen molar-refractivity contribution in [3.63, 3.8) is 0 Å². The monoisotopic (exact) mass is 263 g/mol. The molecule has 98 valence electrons. The third-order valence-corrected chi connectivity index (χ3v) is 2.88. The molecule has 0 aliphatic heterocycles. The van der Waals surface area contributed by atoms with Gasteiger partial charge in [0.25, 0.3) is 0 Å². The number of carbonyl (C=O) groups is 1. The maximum atomic E-state index is 12.2. The number of benzene rings is 2. The Balaban J connectivity index is 2.32. The molecule has 1 N–H and O–H groups in total. The standard InChI is InChI=1S/C17H13NO2/c1-12-2-6-14(7-3-12)17(20)15(11-18)10-13-4-8-16(19)9-5-13/h2-10,19H,1H3/b15-10-. The molecule has 0 saturated carbocycles. The van der Waals surface area contributed by atoms with Gasteiger partial charge in [-0.15, -0.1) is 0 Å². The van der Waals surface area contributed by atoms with Crippen LogP contribution in [-0.2, 0) is 0 Å². The van der Waals surface area contributed by atoms with Crippen LogP contribution in [0.5, 0.6) is 5.75 Å². The van der Waals surface area contributed by atoms with Crippen molar-refractivity contribution in [3.8, 4) is 11.8 Å². The topological polar surface area (TPSA) is 61.1 Å². The molecule has 0 aromatic heterocycles. The van der Waals surface area contributed by atoms with Crippen LogP contribution in [-0.4, -0.2) is 10.9 Å². The highest BCUT2D eigenvalue weighted by atomic mass is 16.3. The number of nitriles is 1. The lowest BCUT2D eigenvalue weighted by Gasteiger charge is -2.01. The van der Waals surface area contributed by atoms with Crippen LogP contribution in [0.1, 0.15) is 21.5 Å². The number of nitrogens with zero attached hydrogens (tertiary/aromatic N) is 1. The summed E-state index contributed by atoms with van der Waals surface area (Å²) in [5.74, 6) is -0.161. The number of hydrogen-bond donors (Lipinski definition) is 1. The van der Waals surface area contributed by atoms with E-state index < -0.39 is 0 Å². The van der Waals surface area contributed by atoms with E-state index in [4.69, 9.17) is 5.26 Å². The minimum absolute atomic E-state index is 0.0690. The van der Waals surface area contributed by atoms with Crippen molar-refractivity contribution in [3.05, 3.63) is 70.8 Å². The molecule has 2 rings (SSSR count). The van der Waals surface area contributed by atoms with E-state index in [9.17, 15) is 9.90 Å². The summed E-state index contributed by atoms with van der Waals surface area (Å²) in [6.45, 7) is 1.94. The molecule has 0 atom stereocenters. The molecule has 0 spiro atoms. The number of Topliss-reactive ketones (excluding diaryl/α,β-unsaturated/α-hetero) is 1. The maximum absolute atomic E-state index is 12.2. The lowest BCUT2D eigenvalue weighted by molar-refractivity contribution is 0.104. The first-order valence-electron chi connectivity index (χ1n) is 6.12. The second-order valence-corrected chi connectivity index (χ2v) is 4.46. The number of phenolic OH excluding ortho intramolecular Hbond substituents is 1. The van der Waals surface area contributed by atoms with Crippen LogP contribution in [0, 0.1) is 18.3 Å². The number of allylic oxidation sites excluding steroid dienone is 1. The van der Waals surface area contributed by atoms with Crippen molar-refractivity contribution in [2.45, 2.75) is 6.92 Å². The number of aromatic hydroxyl groups is 1. The number of hydrogen-bond acceptors (Lipinski definition) is 3. The molecule has 0 saturated heterocycles. The Morgan fingerprint density at radius 1 is 1.10 bits per heavy atom. The summed E-state index contributed by atoms with van der Waals surface area (Å²) in [5.41, 5.74) is 2.31. The molecule has 2 aromatic carbocycles. The second-order valence-electron chi connectivity index (χ2n) is 4.46. The summed E-state index contributed by atoms with van der Waals surface area (Å²) in [5, 5.41) is 18.3. The van der Waals surface area contributed by atoms with Crippen molar-refractivity contribution in [2.24, 2.45) is 0 Å². The van der Waals surface area contributed by atoms with Gasteiger partial charge in [0.15, 0.2) is 0 Å². The predicted octanol–water partition coefficient (Wildman–Crippen LogP) is 3.49. The van der Waals surface area contributed by atoms with Gasteiger partial charge in [-0.3, -0.25) is 4.79 Å². The van der Waals surface area contributed by atoms with Crippen molar-refractivity contribution in [1.29, 1.82) is 5.26 Å². The molecule has 0 amide bonds. The van der Waals surface area contributed by atoms with Gasteiger partial charge in [0.2, 0.25) is 5.78 Å². The third kappa shape index (κ3) is 3.12. The summed E-state index contributed by atoms with van der Waals surface area (Å²) in [6.07, 6.45) is 1.52. The van der Waals surface area contributed by atoms with Gasteiger partial charge in [-0.1, -0.05) is 42.0 Å². The van der Waals surface area contributed by atoms with E-state index in [0.717, 1.165) is 5.56 Å². The maximum Gasteiger partial charge on any atom is 0.203 e. The number of rotatable bonds is 3. The van der Waals surface area contributed by atoms with Gasteiger partial charge >= 0.3 is 0 Å². The molecule has 3 heteroatoms. The molecular formula is C17H13NO2. The molecule has 3 nitrogen and oxygen atoms in total. The Hall–Kier alpha value is -2.86. The molecule has 0 unspecified atom stereocenters. The molecule has 0 fully saturated rings. The van der Waals surface area contributed by atoms with E-state index in [2.05, 4.69) is 0 Å². The quantitative estimate of drug-likeness (QED) is 0.524. The summed E-state index contributed by atoms with van der Waals surface area (Å²) >= 11 is 0. The van der Waals surface area contributed by atoms with Crippen LogP contribution in [0.3, 0.4) is 0 Å². The first-order chi connectivity index (χ1) is 9.60. The highest BCUT2D eigenvalue weighted by Crippen LogP contribution is 2.15. The third-order valence-electron chi connectivity index (χ3n) is 2.88. The van der Waals surface area contributed by atoms with Crippen molar-refractivity contribution in [1.82, 2.24) is 0 Å². The minimum atomic E-state index is -0.305. The van der Waals surface area contributed by atoms with Crippen molar-refractivity contribution < 1.29 is 9.90 Å². The number of phenols is 1. The fraction of sp³-hybridized carbons (Fsp3) is 0.0588. The zero-order valence-corrected chi connectivity index (χ0v) is 11.0. The molecule has 0 radical (unpaired) electrons. The molecule has 0 heterocycles. The van der Waals surface area contributed by atoms with Crippen molar-refractivity contribution >= 4 is 11.9 Å². The summed E-state index contributed by atoms with van der Waals surface area (Å²) in [6, 6.07) is 15.3. The smallest absolute Gasteiger partial charge is 0.203 e. The minimum Gasteiger partial charge on any atom is -0.508 e. The number of aryl methyl sites for hydroxylation is 1. The van der Waals surface area contributed by atoms with Gasteiger partial charge < -0.3 is 5.11 Å². The van der Waals surface area contributed by atoms with E-state index in [0.29, 0.717) is 11.1 Å². The Morgan fingerprint density at radius 3 is 2.25 bits per heavy atom. The van der Waals surface area contributed by atoms with Crippen LogP contribution in [0.4, 0.5) is 0 Å². The van der Waals surface area contributed by atoms with Crippen LogP contribution in [0.15, 0.2) is 54.1 Å². The highest BCUT2D eigenvalue weighted by Gasteiger charge is 2.11. The van der Waals surface area contributed by atoms with Gasteiger partial charge in [0.05, 0.1) is 0 Å². The number of carbonyl (C=O) groups excluding carboxylic acids is 1. The van der Waals surface area contributed by atoms with Crippen LogP contribution >= 0.6 is 0 Å². The lowest BCUT2D eigenvalue weighted by atomic mass is 10.0. The highest BCUT2D eigenvalue weighted by molar-refractivity contribution is 6.14. The van der Waals surface area contributed by atoms with E-state index in [1.54, 1.807) is 24.3 Å². The molecule has 20 heavy (non-hydrogen) atoms. The predicted molar refractivity (Wildman–Crippen MR) is 77.2 cm³/mol. The van der Waals surface area contributed by atoms with Gasteiger partial charge in [-0.25, -0.2) is 0 Å². The van der Waals surface area contributed by atoms with E-state index >= 15 is 0 Å². The second kappa shape index (κ2) is 5.85. The largest absolute Gasteiger partial charge is 0.508 e. The first kappa shape index (κ1) is 13.6.